The quantitative estimate of drug-likeness (QED) is 0.386. The van der Waals surface area contributed by atoms with E-state index in [2.05, 4.69) is 16.8 Å². The Hall–Kier alpha value is -2.47. The van der Waals surface area contributed by atoms with Crippen LogP contribution in [0.5, 0.6) is 5.75 Å². The van der Waals surface area contributed by atoms with Gasteiger partial charge < -0.3 is 16.0 Å². The normalized spacial score (nSPS) is 11.6. The van der Waals surface area contributed by atoms with Crippen molar-refractivity contribution in [2.75, 3.05) is 0 Å². The van der Waals surface area contributed by atoms with E-state index in [1.165, 1.54) is 0 Å². The number of hydrazine groups is 1. The van der Waals surface area contributed by atoms with Crippen LogP contribution in [-0.2, 0) is 0 Å². The van der Waals surface area contributed by atoms with Gasteiger partial charge in [-0.3, -0.25) is 5.84 Å². The highest BCUT2D eigenvalue weighted by atomic mass is 35.5. The molecule has 0 atom stereocenters. The van der Waals surface area contributed by atoms with Crippen LogP contribution in [-0.4, -0.2) is 0 Å². The molecule has 22 heavy (non-hydrogen) atoms. The Labute approximate surface area is 133 Å². The Morgan fingerprint density at radius 3 is 2.27 bits per heavy atom. The van der Waals surface area contributed by atoms with Gasteiger partial charge in [-0.05, 0) is 34.9 Å². The minimum Gasteiger partial charge on any atom is -0.410 e. The van der Waals surface area contributed by atoms with Gasteiger partial charge in [-0.25, -0.2) is 0 Å². The lowest BCUT2D eigenvalue weighted by Gasteiger charge is -2.09. The van der Waals surface area contributed by atoms with Crippen molar-refractivity contribution in [2.24, 2.45) is 17.5 Å². The molecule has 0 aromatic heterocycles. The topological polar surface area (TPSA) is 99.3 Å². The maximum Gasteiger partial charge on any atom is 0.165 e. The Balaban J connectivity index is 2.35. The van der Waals surface area contributed by atoms with Crippen LogP contribution < -0.4 is 27.7 Å². The third-order valence-corrected chi connectivity index (χ3v) is 3.53. The van der Waals surface area contributed by atoms with Crippen molar-refractivity contribution in [1.82, 2.24) is 5.43 Å². The molecule has 0 spiro atoms. The number of nitrogens with one attached hydrogen (secondary N) is 1. The molecule has 0 saturated carbocycles. The first kappa shape index (κ1) is 15.9. The van der Waals surface area contributed by atoms with Gasteiger partial charge >= 0.3 is 0 Å². The zero-order valence-electron chi connectivity index (χ0n) is 11.8. The van der Waals surface area contributed by atoms with E-state index in [1.54, 1.807) is 18.2 Å². The van der Waals surface area contributed by atoms with Crippen LogP contribution in [0.1, 0.15) is 5.56 Å². The van der Waals surface area contributed by atoms with Crippen LogP contribution in [0.3, 0.4) is 0 Å². The molecule has 0 radical (unpaired) electrons. The predicted molar refractivity (Wildman–Crippen MR) is 90.3 cm³/mol. The highest BCUT2D eigenvalue weighted by Crippen LogP contribution is 2.30. The average molecular weight is 317 g/mol. The van der Waals surface area contributed by atoms with Gasteiger partial charge in [-0.15, -0.1) is 0 Å². The van der Waals surface area contributed by atoms with E-state index in [0.29, 0.717) is 22.2 Å². The van der Waals surface area contributed by atoms with Crippen LogP contribution in [0.15, 0.2) is 60.8 Å². The summed E-state index contributed by atoms with van der Waals surface area (Å²) in [5, 5.41) is 0.449. The molecule has 0 aliphatic carbocycles. The molecule has 0 fully saturated rings. The van der Waals surface area contributed by atoms with Crippen LogP contribution >= 0.6 is 11.6 Å². The molecule has 114 valence electrons. The summed E-state index contributed by atoms with van der Waals surface area (Å²) < 4.78 is 0. The van der Waals surface area contributed by atoms with Gasteiger partial charge in [0.25, 0.3) is 0 Å². The van der Waals surface area contributed by atoms with E-state index in [-0.39, 0.29) is 0 Å². The molecule has 6 heteroatoms. The van der Waals surface area contributed by atoms with Crippen molar-refractivity contribution in [3.63, 3.8) is 0 Å². The molecule has 5 nitrogen and oxygen atoms in total. The third-order valence-electron chi connectivity index (χ3n) is 3.24. The maximum absolute atomic E-state index is 6.07. The zero-order chi connectivity index (χ0) is 16.1. The van der Waals surface area contributed by atoms with Gasteiger partial charge in [0.15, 0.2) is 5.75 Å². The number of rotatable bonds is 5. The van der Waals surface area contributed by atoms with Gasteiger partial charge in [-0.1, -0.05) is 48.5 Å². The number of benzene rings is 2. The molecule has 7 N–H and O–H groups in total. The summed E-state index contributed by atoms with van der Waals surface area (Å²) in [6.45, 7) is 3.65. The SMILES string of the molecule is C=C/C(NN)=C(/N)c1ccc(-c2ccc(ON)c(Cl)c2)cc1. The molecule has 0 amide bonds. The lowest BCUT2D eigenvalue weighted by molar-refractivity contribution is 0.335. The van der Waals surface area contributed by atoms with Crippen molar-refractivity contribution in [3.8, 4) is 16.9 Å². The van der Waals surface area contributed by atoms with E-state index in [4.69, 9.17) is 29.1 Å². The van der Waals surface area contributed by atoms with Crippen molar-refractivity contribution in [1.29, 1.82) is 0 Å². The first-order valence-electron chi connectivity index (χ1n) is 6.46. The van der Waals surface area contributed by atoms with Gasteiger partial charge in [0, 0.05) is 0 Å². The summed E-state index contributed by atoms with van der Waals surface area (Å²) in [5.74, 6) is 10.9. The largest absolute Gasteiger partial charge is 0.410 e. The van der Waals surface area contributed by atoms with E-state index in [1.807, 2.05) is 30.3 Å². The monoisotopic (exact) mass is 316 g/mol. The van der Waals surface area contributed by atoms with Gasteiger partial charge in [0.2, 0.25) is 0 Å². The van der Waals surface area contributed by atoms with Gasteiger partial charge in [0.1, 0.15) is 0 Å². The second-order valence-corrected chi connectivity index (χ2v) is 4.92. The number of nitrogens with two attached hydrogens (primary N) is 3. The smallest absolute Gasteiger partial charge is 0.165 e. The lowest BCUT2D eigenvalue weighted by atomic mass is 10.0. The van der Waals surface area contributed by atoms with Crippen molar-refractivity contribution in [2.45, 2.75) is 0 Å². The van der Waals surface area contributed by atoms with Crippen LogP contribution in [0.25, 0.3) is 16.8 Å². The highest BCUT2D eigenvalue weighted by Gasteiger charge is 2.06. The Morgan fingerprint density at radius 2 is 1.77 bits per heavy atom. The molecule has 0 aliphatic heterocycles. The number of hydrogen-bond donors (Lipinski definition) is 4. The van der Waals surface area contributed by atoms with E-state index < -0.39 is 0 Å². The number of hydrogen-bond acceptors (Lipinski definition) is 5. The van der Waals surface area contributed by atoms with Crippen LogP contribution in [0, 0.1) is 0 Å². The fourth-order valence-corrected chi connectivity index (χ4v) is 2.25. The first-order chi connectivity index (χ1) is 10.6. The fourth-order valence-electron chi connectivity index (χ4n) is 2.02. The van der Waals surface area contributed by atoms with E-state index in [0.717, 1.165) is 16.7 Å². The van der Waals surface area contributed by atoms with Crippen molar-refractivity contribution < 1.29 is 4.84 Å². The highest BCUT2D eigenvalue weighted by molar-refractivity contribution is 6.32. The second-order valence-electron chi connectivity index (χ2n) is 4.52. The Kier molecular flexibility index (Phi) is 5.06. The summed E-state index contributed by atoms with van der Waals surface area (Å²) in [5.41, 5.74) is 12.4. The molecule has 0 bridgehead atoms. The molecule has 2 aromatic carbocycles. The number of halogens is 1. The summed E-state index contributed by atoms with van der Waals surface area (Å²) in [4.78, 5) is 4.65. The molecule has 0 heterocycles. The summed E-state index contributed by atoms with van der Waals surface area (Å²) in [6, 6.07) is 13.0. The second kappa shape index (κ2) is 7.00. The van der Waals surface area contributed by atoms with Crippen molar-refractivity contribution >= 4 is 17.3 Å². The molecule has 2 rings (SSSR count). The minimum absolute atomic E-state index is 0.429. The van der Waals surface area contributed by atoms with E-state index >= 15 is 0 Å². The summed E-state index contributed by atoms with van der Waals surface area (Å²) in [7, 11) is 0. The van der Waals surface area contributed by atoms with Gasteiger partial charge in [-0.2, -0.15) is 5.90 Å². The van der Waals surface area contributed by atoms with Gasteiger partial charge in [0.05, 0.1) is 16.4 Å². The third kappa shape index (κ3) is 3.23. The first-order valence-corrected chi connectivity index (χ1v) is 6.84. The van der Waals surface area contributed by atoms with Crippen LogP contribution in [0.4, 0.5) is 0 Å². The standard InChI is InChI=1S/C16H17ClN4O/c1-2-14(21-19)16(18)11-5-3-10(4-6-11)12-7-8-15(22-20)13(17)9-12/h2-9,21H,1,18-20H2/b16-14-. The van der Waals surface area contributed by atoms with Crippen molar-refractivity contribution in [3.05, 3.63) is 71.4 Å². The molecular formula is C16H17ClN4O. The average Bonchev–Trinajstić information content (AvgIpc) is 2.56. The molecule has 0 aliphatic rings. The Bertz CT molecular complexity index is 711. The number of allylic oxidation sites excluding steroid dienone is 1. The summed E-state index contributed by atoms with van der Waals surface area (Å²) >= 11 is 6.07. The van der Waals surface area contributed by atoms with E-state index in [9.17, 15) is 0 Å². The molecule has 0 unspecified atom stereocenters. The minimum atomic E-state index is 0.429. The van der Waals surface area contributed by atoms with Crippen LogP contribution in [0.2, 0.25) is 5.02 Å². The maximum atomic E-state index is 6.07. The molecule has 0 saturated heterocycles. The molecular weight excluding hydrogens is 300 g/mol. The Morgan fingerprint density at radius 1 is 1.14 bits per heavy atom. The zero-order valence-corrected chi connectivity index (χ0v) is 12.6. The molecule has 2 aromatic rings. The summed E-state index contributed by atoms with van der Waals surface area (Å²) in [6.07, 6.45) is 1.56. The lowest BCUT2D eigenvalue weighted by Crippen LogP contribution is -2.23. The predicted octanol–water partition coefficient (Wildman–Crippen LogP) is 2.54. The fraction of sp³-hybridized carbons (Fsp3) is 0.